The fourth-order valence-corrected chi connectivity index (χ4v) is 0.505. The smallest absolute Gasteiger partial charge is 0.0257 e. The Bertz CT molecular complexity index is 81.1. The highest BCUT2D eigenvalue weighted by molar-refractivity contribution is 4.72. The van der Waals surface area contributed by atoms with Crippen molar-refractivity contribution in [3.05, 3.63) is 5.21 Å². The number of nitrogens with zero attached hydrogens (tertiary/aromatic N) is 1. The second kappa shape index (κ2) is 3.15. The van der Waals surface area contributed by atoms with Crippen molar-refractivity contribution in [2.24, 2.45) is 0 Å². The number of rotatable bonds is 3. The summed E-state index contributed by atoms with van der Waals surface area (Å²) in [5.41, 5.74) is 2.67. The van der Waals surface area contributed by atoms with E-state index < -0.39 is 0 Å². The van der Waals surface area contributed by atoms with Crippen molar-refractivity contribution in [2.75, 3.05) is 7.05 Å². The highest BCUT2D eigenvalue weighted by atomic mass is 16.5. The quantitative estimate of drug-likeness (QED) is 0.583. The molecule has 0 spiro atoms. The summed E-state index contributed by atoms with van der Waals surface area (Å²) in [6.45, 7) is 6.01. The normalized spacial score (nSPS) is 12.7. The van der Waals surface area contributed by atoms with Gasteiger partial charge in [0.25, 0.3) is 0 Å². The molecule has 3 heteroatoms. The first-order chi connectivity index (χ1) is 3.98. The molecule has 0 saturated heterocycles. The molecule has 0 aliphatic heterocycles. The minimum absolute atomic E-state index is 0.0729. The van der Waals surface area contributed by atoms with Crippen LogP contribution in [0.2, 0.25) is 0 Å². The van der Waals surface area contributed by atoms with E-state index in [4.69, 9.17) is 0 Å². The lowest BCUT2D eigenvalue weighted by Crippen LogP contribution is -2.45. The summed E-state index contributed by atoms with van der Waals surface area (Å²) in [5.74, 6) is 0. The number of hydrogen-bond donors (Lipinski definition) is 1. The Kier molecular flexibility index (Phi) is 3.11. The molecule has 0 heterocycles. The Morgan fingerprint density at radius 2 is 2.00 bits per heavy atom. The van der Waals surface area contributed by atoms with Crippen LogP contribution in [-0.2, 0) is 0 Å². The largest absolute Gasteiger partial charge is 0.772 e. The standard InChI is InChI=1S/C6H15N2O/c1-5-6(2,3)7-8(4)9/h7H,5H2,1-4H3/q-1. The molecule has 0 saturated carbocycles. The minimum atomic E-state index is -0.0729. The molecular weight excluding hydrogens is 116 g/mol. The van der Waals surface area contributed by atoms with Crippen molar-refractivity contribution in [2.45, 2.75) is 32.7 Å². The van der Waals surface area contributed by atoms with Crippen LogP contribution in [0.4, 0.5) is 0 Å². The first-order valence-electron chi connectivity index (χ1n) is 3.16. The molecule has 3 nitrogen and oxygen atoms in total. The van der Waals surface area contributed by atoms with Gasteiger partial charge in [-0.2, -0.15) is 0 Å². The number of hydrazine groups is 1. The second-order valence-corrected chi connectivity index (χ2v) is 2.85. The summed E-state index contributed by atoms with van der Waals surface area (Å²) >= 11 is 0. The molecule has 0 aliphatic carbocycles. The van der Waals surface area contributed by atoms with Gasteiger partial charge in [0.2, 0.25) is 0 Å². The van der Waals surface area contributed by atoms with Crippen molar-refractivity contribution in [1.82, 2.24) is 10.6 Å². The molecule has 0 radical (unpaired) electrons. The van der Waals surface area contributed by atoms with E-state index in [1.165, 1.54) is 7.05 Å². The molecule has 0 rings (SSSR count). The zero-order chi connectivity index (χ0) is 7.49. The molecule has 0 aromatic rings. The summed E-state index contributed by atoms with van der Waals surface area (Å²) in [6.07, 6.45) is 0.944. The van der Waals surface area contributed by atoms with Crippen LogP contribution in [-0.4, -0.2) is 17.8 Å². The maximum Gasteiger partial charge on any atom is 0.0257 e. The van der Waals surface area contributed by atoms with E-state index in [0.29, 0.717) is 0 Å². The highest BCUT2D eigenvalue weighted by Crippen LogP contribution is 2.06. The van der Waals surface area contributed by atoms with E-state index in [2.05, 4.69) is 5.43 Å². The van der Waals surface area contributed by atoms with Crippen LogP contribution >= 0.6 is 0 Å². The molecule has 0 fully saturated rings. The molecule has 9 heavy (non-hydrogen) atoms. The lowest BCUT2D eigenvalue weighted by atomic mass is 10.0. The first-order valence-corrected chi connectivity index (χ1v) is 3.16. The second-order valence-electron chi connectivity index (χ2n) is 2.85. The van der Waals surface area contributed by atoms with E-state index in [0.717, 1.165) is 11.6 Å². The lowest BCUT2D eigenvalue weighted by Gasteiger charge is -2.34. The lowest BCUT2D eigenvalue weighted by molar-refractivity contribution is 0.205. The van der Waals surface area contributed by atoms with Crippen molar-refractivity contribution >= 4 is 0 Å². The van der Waals surface area contributed by atoms with E-state index in [-0.39, 0.29) is 5.54 Å². The molecule has 0 unspecified atom stereocenters. The maximum absolute atomic E-state index is 10.4. The summed E-state index contributed by atoms with van der Waals surface area (Å²) in [7, 11) is 1.46. The van der Waals surface area contributed by atoms with Crippen LogP contribution in [0.1, 0.15) is 27.2 Å². The van der Waals surface area contributed by atoms with Crippen LogP contribution in [0.25, 0.3) is 0 Å². The van der Waals surface area contributed by atoms with Gasteiger partial charge >= 0.3 is 0 Å². The van der Waals surface area contributed by atoms with Gasteiger partial charge in [0.15, 0.2) is 0 Å². The first kappa shape index (κ1) is 8.88. The third-order valence-corrected chi connectivity index (χ3v) is 1.34. The Labute approximate surface area is 56.6 Å². The fourth-order valence-electron chi connectivity index (χ4n) is 0.505. The van der Waals surface area contributed by atoms with Gasteiger partial charge in [0.1, 0.15) is 0 Å². The minimum Gasteiger partial charge on any atom is -0.772 e. The molecule has 0 aromatic heterocycles. The van der Waals surface area contributed by atoms with Crippen molar-refractivity contribution in [1.29, 1.82) is 0 Å². The van der Waals surface area contributed by atoms with Crippen molar-refractivity contribution < 1.29 is 0 Å². The van der Waals surface area contributed by atoms with Gasteiger partial charge in [-0.25, -0.2) is 0 Å². The average Bonchev–Trinajstić information content (AvgIpc) is 1.63. The van der Waals surface area contributed by atoms with Crippen LogP contribution < -0.4 is 5.43 Å². The van der Waals surface area contributed by atoms with E-state index in [1.54, 1.807) is 0 Å². The van der Waals surface area contributed by atoms with E-state index in [1.807, 2.05) is 20.8 Å². The molecule has 0 bridgehead atoms. The Hall–Kier alpha value is -0.120. The number of nitrogens with one attached hydrogen (secondary N) is 1. The Balaban J connectivity index is 3.58. The van der Waals surface area contributed by atoms with Crippen LogP contribution in [0, 0.1) is 5.21 Å². The Morgan fingerprint density at radius 1 is 1.56 bits per heavy atom. The summed E-state index contributed by atoms with van der Waals surface area (Å²) in [6, 6.07) is 0. The monoisotopic (exact) mass is 131 g/mol. The number of hydrogen-bond acceptors (Lipinski definition) is 3. The predicted octanol–water partition coefficient (Wildman–Crippen LogP) is 1.11. The summed E-state index contributed by atoms with van der Waals surface area (Å²) < 4.78 is 0. The molecule has 0 aliphatic rings. The summed E-state index contributed by atoms with van der Waals surface area (Å²) in [5, 5.41) is 11.2. The third kappa shape index (κ3) is 4.39. The Morgan fingerprint density at radius 3 is 2.11 bits per heavy atom. The predicted molar refractivity (Wildman–Crippen MR) is 38.6 cm³/mol. The van der Waals surface area contributed by atoms with Gasteiger partial charge in [-0.1, -0.05) is 6.92 Å². The molecule has 1 N–H and O–H groups in total. The maximum atomic E-state index is 10.4. The SMILES string of the molecule is CCC(C)(C)NN(C)[O-]. The topological polar surface area (TPSA) is 38.3 Å². The van der Waals surface area contributed by atoms with E-state index >= 15 is 0 Å². The number of hydroxylamine groups is 1. The van der Waals surface area contributed by atoms with Crippen LogP contribution in [0.5, 0.6) is 0 Å². The molecule has 56 valence electrons. The average molecular weight is 131 g/mol. The molecule has 0 amide bonds. The molecule has 0 atom stereocenters. The zero-order valence-corrected chi connectivity index (χ0v) is 6.56. The van der Waals surface area contributed by atoms with Gasteiger partial charge in [-0.05, 0) is 27.3 Å². The highest BCUT2D eigenvalue weighted by Gasteiger charge is 2.12. The summed E-state index contributed by atoms with van der Waals surface area (Å²) in [4.78, 5) is 0. The van der Waals surface area contributed by atoms with Gasteiger partial charge < -0.3 is 10.4 Å². The fraction of sp³-hybridized carbons (Fsp3) is 1.00. The van der Waals surface area contributed by atoms with Gasteiger partial charge in [-0.15, -0.1) is 0 Å². The molecular formula is C6H15N2O-. The third-order valence-electron chi connectivity index (χ3n) is 1.34. The van der Waals surface area contributed by atoms with Gasteiger partial charge in [0.05, 0.1) is 0 Å². The van der Waals surface area contributed by atoms with Gasteiger partial charge in [-0.3, -0.25) is 5.43 Å². The van der Waals surface area contributed by atoms with Crippen LogP contribution in [0.3, 0.4) is 0 Å². The van der Waals surface area contributed by atoms with E-state index in [9.17, 15) is 5.21 Å². The zero-order valence-electron chi connectivity index (χ0n) is 6.56. The van der Waals surface area contributed by atoms with Crippen molar-refractivity contribution in [3.8, 4) is 0 Å². The van der Waals surface area contributed by atoms with Crippen LogP contribution in [0.15, 0.2) is 0 Å². The van der Waals surface area contributed by atoms with Crippen molar-refractivity contribution in [3.63, 3.8) is 0 Å². The molecule has 0 aromatic carbocycles. The van der Waals surface area contributed by atoms with Gasteiger partial charge in [0, 0.05) is 5.54 Å².